The van der Waals surface area contributed by atoms with Crippen LogP contribution in [0.4, 0.5) is 0 Å². The Balaban J connectivity index is 1.52. The van der Waals surface area contributed by atoms with Crippen LogP contribution in [0.5, 0.6) is 0 Å². The zero-order valence-electron chi connectivity index (χ0n) is 20.7. The van der Waals surface area contributed by atoms with Crippen molar-refractivity contribution in [1.29, 1.82) is 0 Å². The molecule has 0 saturated heterocycles. The summed E-state index contributed by atoms with van der Waals surface area (Å²) in [5, 5.41) is 10.2. The van der Waals surface area contributed by atoms with Gasteiger partial charge in [0.2, 0.25) is 0 Å². The maximum Gasteiger partial charge on any atom is 0.0577 e. The fourth-order valence-electron chi connectivity index (χ4n) is 8.83. The van der Waals surface area contributed by atoms with Gasteiger partial charge in [-0.25, -0.2) is 0 Å². The molecule has 0 amide bonds. The van der Waals surface area contributed by atoms with E-state index in [4.69, 9.17) is 0 Å². The Kier molecular flexibility index (Phi) is 6.35. The summed E-state index contributed by atoms with van der Waals surface area (Å²) in [7, 11) is 0. The average Bonchev–Trinajstić information content (AvgIpc) is 3.06. The van der Waals surface area contributed by atoms with Gasteiger partial charge in [0, 0.05) is 0 Å². The van der Waals surface area contributed by atoms with Crippen LogP contribution in [0.3, 0.4) is 0 Å². The quantitative estimate of drug-likeness (QED) is 0.457. The van der Waals surface area contributed by atoms with E-state index in [9.17, 15) is 5.11 Å². The number of aliphatic hydroxyl groups excluding tert-OH is 1. The van der Waals surface area contributed by atoms with Crippen LogP contribution >= 0.6 is 0 Å². The van der Waals surface area contributed by atoms with Crippen LogP contribution in [-0.2, 0) is 0 Å². The molecule has 4 unspecified atom stereocenters. The molecule has 0 aromatic carbocycles. The molecule has 0 heterocycles. The highest BCUT2D eigenvalue weighted by molar-refractivity contribution is 5.25. The normalized spacial score (nSPS) is 45.6. The highest BCUT2D eigenvalue weighted by Crippen LogP contribution is 2.67. The van der Waals surface area contributed by atoms with Gasteiger partial charge in [0.25, 0.3) is 0 Å². The molecule has 4 aliphatic carbocycles. The van der Waals surface area contributed by atoms with Crippen LogP contribution in [0.2, 0.25) is 0 Å². The fourth-order valence-corrected chi connectivity index (χ4v) is 8.83. The predicted molar refractivity (Wildman–Crippen MR) is 128 cm³/mol. The largest absolute Gasteiger partial charge is 0.393 e. The van der Waals surface area contributed by atoms with Gasteiger partial charge in [0.15, 0.2) is 0 Å². The molecular weight excluding hydrogens is 364 g/mol. The van der Waals surface area contributed by atoms with E-state index in [2.05, 4.69) is 59.8 Å². The smallest absolute Gasteiger partial charge is 0.0577 e. The van der Waals surface area contributed by atoms with Crippen molar-refractivity contribution in [2.45, 2.75) is 105 Å². The van der Waals surface area contributed by atoms with Gasteiger partial charge >= 0.3 is 0 Å². The van der Waals surface area contributed by atoms with Crippen molar-refractivity contribution in [3.8, 4) is 0 Å². The third-order valence-corrected chi connectivity index (χ3v) is 10.8. The van der Waals surface area contributed by atoms with Gasteiger partial charge in [-0.3, -0.25) is 0 Å². The molecule has 0 radical (unpaired) electrons. The SMILES string of the molecule is CCC(C=C[C@@H](C)[C@H]1CCC2C3CC=C4C[C@@H](O)CC[C@]4(C)C3CC[C@@]21C)C(C)C. The van der Waals surface area contributed by atoms with E-state index < -0.39 is 0 Å². The number of hydrogen-bond acceptors (Lipinski definition) is 1. The predicted octanol–water partition coefficient (Wildman–Crippen LogP) is 7.80. The molecule has 1 nitrogen and oxygen atoms in total. The molecule has 0 aromatic rings. The van der Waals surface area contributed by atoms with Crippen molar-refractivity contribution in [1.82, 2.24) is 0 Å². The fraction of sp³-hybridized carbons (Fsp3) is 0.862. The van der Waals surface area contributed by atoms with Crippen LogP contribution in [0.1, 0.15) is 99.3 Å². The van der Waals surface area contributed by atoms with Gasteiger partial charge in [-0.05, 0) is 110 Å². The molecule has 4 aliphatic rings. The lowest BCUT2D eigenvalue weighted by Crippen LogP contribution is -2.50. The first-order valence-electron chi connectivity index (χ1n) is 13.3. The number of allylic oxidation sites excluding steroid dienone is 3. The first-order chi connectivity index (χ1) is 14.2. The van der Waals surface area contributed by atoms with E-state index in [1.165, 1.54) is 44.9 Å². The Hall–Kier alpha value is -0.560. The number of rotatable bonds is 5. The second-order valence-corrected chi connectivity index (χ2v) is 12.4. The van der Waals surface area contributed by atoms with E-state index in [1.807, 2.05) is 0 Å². The first-order valence-corrected chi connectivity index (χ1v) is 13.3. The van der Waals surface area contributed by atoms with Crippen molar-refractivity contribution in [2.75, 3.05) is 0 Å². The summed E-state index contributed by atoms with van der Waals surface area (Å²) in [6.07, 6.45) is 19.1. The Morgan fingerprint density at radius 3 is 2.50 bits per heavy atom. The first kappa shape index (κ1) is 22.6. The van der Waals surface area contributed by atoms with Gasteiger partial charge in [-0.15, -0.1) is 0 Å². The molecule has 1 heteroatoms. The van der Waals surface area contributed by atoms with Gasteiger partial charge in [-0.2, -0.15) is 0 Å². The maximum atomic E-state index is 10.2. The van der Waals surface area contributed by atoms with E-state index in [0.717, 1.165) is 48.3 Å². The third kappa shape index (κ3) is 3.66. The van der Waals surface area contributed by atoms with E-state index in [1.54, 1.807) is 5.57 Å². The molecule has 9 atom stereocenters. The summed E-state index contributed by atoms with van der Waals surface area (Å²) in [6.45, 7) is 14.8. The Morgan fingerprint density at radius 2 is 1.80 bits per heavy atom. The lowest BCUT2D eigenvalue weighted by Gasteiger charge is -2.58. The second-order valence-electron chi connectivity index (χ2n) is 12.4. The minimum atomic E-state index is -0.0870. The summed E-state index contributed by atoms with van der Waals surface area (Å²) in [6, 6.07) is 0. The molecule has 1 N–H and O–H groups in total. The van der Waals surface area contributed by atoms with Gasteiger partial charge in [0.1, 0.15) is 0 Å². The Bertz CT molecular complexity index is 674. The molecule has 3 fully saturated rings. The summed E-state index contributed by atoms with van der Waals surface area (Å²) < 4.78 is 0. The molecule has 170 valence electrons. The summed E-state index contributed by atoms with van der Waals surface area (Å²) in [4.78, 5) is 0. The van der Waals surface area contributed by atoms with Crippen LogP contribution in [0, 0.1) is 52.3 Å². The molecule has 30 heavy (non-hydrogen) atoms. The van der Waals surface area contributed by atoms with Crippen LogP contribution in [0.25, 0.3) is 0 Å². The highest BCUT2D eigenvalue weighted by atomic mass is 16.3. The zero-order valence-corrected chi connectivity index (χ0v) is 20.7. The molecular formula is C29H48O. The molecule has 3 saturated carbocycles. The molecule has 0 aliphatic heterocycles. The average molecular weight is 413 g/mol. The highest BCUT2D eigenvalue weighted by Gasteiger charge is 2.58. The summed E-state index contributed by atoms with van der Waals surface area (Å²) >= 11 is 0. The third-order valence-electron chi connectivity index (χ3n) is 10.8. The lowest BCUT2D eigenvalue weighted by molar-refractivity contribution is -0.0540. The van der Waals surface area contributed by atoms with Crippen molar-refractivity contribution < 1.29 is 5.11 Å². The number of fused-ring (bicyclic) bond motifs is 5. The van der Waals surface area contributed by atoms with Gasteiger partial charge in [-0.1, -0.05) is 65.3 Å². The van der Waals surface area contributed by atoms with E-state index >= 15 is 0 Å². The second kappa shape index (κ2) is 8.42. The van der Waals surface area contributed by atoms with Crippen LogP contribution in [-0.4, -0.2) is 11.2 Å². The topological polar surface area (TPSA) is 20.2 Å². The lowest BCUT2D eigenvalue weighted by atomic mass is 9.47. The van der Waals surface area contributed by atoms with Crippen molar-refractivity contribution in [3.05, 3.63) is 23.8 Å². The van der Waals surface area contributed by atoms with Crippen molar-refractivity contribution >= 4 is 0 Å². The monoisotopic (exact) mass is 412 g/mol. The van der Waals surface area contributed by atoms with Gasteiger partial charge in [0.05, 0.1) is 6.10 Å². The Morgan fingerprint density at radius 1 is 1.03 bits per heavy atom. The number of hydrogen-bond donors (Lipinski definition) is 1. The standard InChI is InChI=1S/C29H48O/c1-7-21(19(2)3)9-8-20(4)25-12-13-26-24-11-10-22-18-23(30)14-16-28(22,5)27(24)15-17-29(25,26)6/h8-10,19-21,23-27,30H,7,11-18H2,1-6H3/t20-,21?,23+,24?,25-,26?,27?,28+,29-/m1/s1. The molecule has 0 bridgehead atoms. The Labute approximate surface area is 186 Å². The molecule has 0 spiro atoms. The van der Waals surface area contributed by atoms with E-state index in [0.29, 0.717) is 16.7 Å². The number of aliphatic hydroxyl groups is 1. The zero-order chi connectivity index (χ0) is 21.7. The van der Waals surface area contributed by atoms with Gasteiger partial charge < -0.3 is 5.11 Å². The molecule has 4 rings (SSSR count). The minimum Gasteiger partial charge on any atom is -0.393 e. The summed E-state index contributed by atoms with van der Waals surface area (Å²) in [5.74, 6) is 5.70. The maximum absolute atomic E-state index is 10.2. The van der Waals surface area contributed by atoms with Crippen molar-refractivity contribution in [3.63, 3.8) is 0 Å². The molecule has 0 aromatic heterocycles. The van der Waals surface area contributed by atoms with Crippen LogP contribution in [0.15, 0.2) is 23.8 Å². The van der Waals surface area contributed by atoms with E-state index in [-0.39, 0.29) is 6.10 Å². The van der Waals surface area contributed by atoms with Crippen molar-refractivity contribution in [2.24, 2.45) is 52.3 Å². The van der Waals surface area contributed by atoms with Crippen LogP contribution < -0.4 is 0 Å². The summed E-state index contributed by atoms with van der Waals surface area (Å²) in [5.41, 5.74) is 2.51. The minimum absolute atomic E-state index is 0.0870.